The molecular formula is C11H10INO2. The average Bonchev–Trinajstić information content (AvgIpc) is 2.18. The third kappa shape index (κ3) is 4.91. The Morgan fingerprint density at radius 2 is 2.33 bits per heavy atom. The van der Waals surface area contributed by atoms with Crippen molar-refractivity contribution in [3.8, 4) is 6.07 Å². The van der Waals surface area contributed by atoms with E-state index in [2.05, 4.69) is 22.6 Å². The van der Waals surface area contributed by atoms with E-state index in [1.807, 2.05) is 24.3 Å². The monoisotopic (exact) mass is 315 g/mol. The van der Waals surface area contributed by atoms with Gasteiger partial charge in [-0.2, -0.15) is 5.26 Å². The van der Waals surface area contributed by atoms with Crippen LogP contribution in [0.15, 0.2) is 24.3 Å². The minimum absolute atomic E-state index is 0.0129. The van der Waals surface area contributed by atoms with Gasteiger partial charge in [-0.15, -0.1) is 0 Å². The van der Waals surface area contributed by atoms with Crippen LogP contribution in [0, 0.1) is 14.9 Å². The number of halogens is 1. The molecule has 3 nitrogen and oxygen atoms in total. The Hall–Kier alpha value is -0.930. The molecule has 78 valence electrons. The van der Waals surface area contributed by atoms with Gasteiger partial charge in [0.15, 0.2) is 5.78 Å². The molecule has 0 bridgehead atoms. The first kappa shape index (κ1) is 12.1. The Kier molecular flexibility index (Phi) is 5.29. The minimum Gasteiger partial charge on any atom is -0.369 e. The zero-order valence-electron chi connectivity index (χ0n) is 8.07. The van der Waals surface area contributed by atoms with Crippen LogP contribution in [0.2, 0.25) is 0 Å². The summed E-state index contributed by atoms with van der Waals surface area (Å²) in [4.78, 5) is 11.0. The second-order valence-electron chi connectivity index (χ2n) is 3.00. The molecule has 4 heteroatoms. The predicted octanol–water partition coefficient (Wildman–Crippen LogP) is 2.29. The molecule has 0 aliphatic carbocycles. The zero-order valence-corrected chi connectivity index (χ0v) is 10.2. The van der Waals surface area contributed by atoms with Crippen LogP contribution in [0.3, 0.4) is 0 Å². The second kappa shape index (κ2) is 6.53. The molecule has 1 aromatic rings. The first-order chi connectivity index (χ1) is 7.22. The Morgan fingerprint density at radius 1 is 1.53 bits per heavy atom. The lowest BCUT2D eigenvalue weighted by Gasteiger charge is -2.02. The summed E-state index contributed by atoms with van der Waals surface area (Å²) in [5.74, 6) is -0.178. The van der Waals surface area contributed by atoms with Crippen molar-refractivity contribution in [2.24, 2.45) is 0 Å². The van der Waals surface area contributed by atoms with Crippen LogP contribution < -0.4 is 0 Å². The molecule has 1 rings (SSSR count). The van der Waals surface area contributed by atoms with Gasteiger partial charge in [-0.1, -0.05) is 12.1 Å². The van der Waals surface area contributed by atoms with Crippen LogP contribution in [0.1, 0.15) is 12.0 Å². The molecule has 0 unspecified atom stereocenters. The van der Waals surface area contributed by atoms with Gasteiger partial charge in [-0.05, 0) is 40.3 Å². The maximum absolute atomic E-state index is 11.0. The Balaban J connectivity index is 2.32. The number of hydrogen-bond donors (Lipinski definition) is 0. The molecule has 0 aliphatic rings. The summed E-state index contributed by atoms with van der Waals surface area (Å²) in [6, 6.07) is 9.66. The quantitative estimate of drug-likeness (QED) is 0.784. The summed E-state index contributed by atoms with van der Waals surface area (Å²) in [7, 11) is 0. The van der Waals surface area contributed by atoms with Gasteiger partial charge in [0.05, 0.1) is 19.1 Å². The number of carbonyl (C=O) groups excluding carboxylic acids is 1. The topological polar surface area (TPSA) is 50.1 Å². The summed E-state index contributed by atoms with van der Waals surface area (Å²) < 4.78 is 6.32. The largest absolute Gasteiger partial charge is 0.369 e. The van der Waals surface area contributed by atoms with Crippen molar-refractivity contribution < 1.29 is 9.53 Å². The zero-order chi connectivity index (χ0) is 11.1. The van der Waals surface area contributed by atoms with Gasteiger partial charge in [0.2, 0.25) is 0 Å². The van der Waals surface area contributed by atoms with Crippen molar-refractivity contribution in [1.29, 1.82) is 5.26 Å². The van der Waals surface area contributed by atoms with Gasteiger partial charge in [0, 0.05) is 3.57 Å². The van der Waals surface area contributed by atoms with Gasteiger partial charge in [-0.25, -0.2) is 0 Å². The average molecular weight is 315 g/mol. The molecule has 0 radical (unpaired) electrons. The normalized spacial score (nSPS) is 9.60. The summed E-state index contributed by atoms with van der Waals surface area (Å²) >= 11 is 2.22. The van der Waals surface area contributed by atoms with Crippen LogP contribution >= 0.6 is 22.6 Å². The lowest BCUT2D eigenvalue weighted by Crippen LogP contribution is -2.07. The van der Waals surface area contributed by atoms with Crippen molar-refractivity contribution in [2.75, 3.05) is 6.61 Å². The molecule has 0 saturated carbocycles. The van der Waals surface area contributed by atoms with Crippen molar-refractivity contribution in [3.63, 3.8) is 0 Å². The fourth-order valence-corrected chi connectivity index (χ4v) is 1.66. The number of nitrogens with zero attached hydrogens (tertiary/aromatic N) is 1. The molecule has 0 heterocycles. The first-order valence-corrected chi connectivity index (χ1v) is 5.51. The highest BCUT2D eigenvalue weighted by Crippen LogP contribution is 2.08. The van der Waals surface area contributed by atoms with Gasteiger partial charge >= 0.3 is 0 Å². The maximum Gasteiger partial charge on any atom is 0.172 e. The van der Waals surface area contributed by atoms with Gasteiger partial charge in [-0.3, -0.25) is 4.79 Å². The Bertz CT molecular complexity index is 384. The van der Waals surface area contributed by atoms with Crippen molar-refractivity contribution in [1.82, 2.24) is 0 Å². The molecule has 0 atom stereocenters. The fourth-order valence-electron chi connectivity index (χ4n) is 1.05. The number of rotatable bonds is 5. The smallest absolute Gasteiger partial charge is 0.172 e. The SMILES string of the molecule is N#CCC(=O)COCc1cccc(I)c1. The second-order valence-corrected chi connectivity index (χ2v) is 4.24. The minimum atomic E-state index is -0.178. The van der Waals surface area contributed by atoms with Gasteiger partial charge in [0.25, 0.3) is 0 Å². The lowest BCUT2D eigenvalue weighted by molar-refractivity contribution is -0.123. The van der Waals surface area contributed by atoms with E-state index in [-0.39, 0.29) is 18.8 Å². The number of Topliss-reactive ketones (excluding diaryl/α,β-unsaturated/α-hetero) is 1. The molecule has 0 saturated heterocycles. The number of ketones is 1. The number of benzene rings is 1. The van der Waals surface area contributed by atoms with E-state index in [1.165, 1.54) is 0 Å². The van der Waals surface area contributed by atoms with Crippen LogP contribution in [0.25, 0.3) is 0 Å². The van der Waals surface area contributed by atoms with E-state index in [0.29, 0.717) is 6.61 Å². The first-order valence-electron chi connectivity index (χ1n) is 4.43. The molecule has 0 fully saturated rings. The molecule has 1 aromatic carbocycles. The van der Waals surface area contributed by atoms with Gasteiger partial charge < -0.3 is 4.74 Å². The summed E-state index contributed by atoms with van der Waals surface area (Å²) in [6.07, 6.45) is -0.0771. The van der Waals surface area contributed by atoms with Crippen LogP contribution in [-0.2, 0) is 16.1 Å². The van der Waals surface area contributed by atoms with E-state index in [0.717, 1.165) is 9.13 Å². The molecule has 0 spiro atoms. The molecule has 0 N–H and O–H groups in total. The van der Waals surface area contributed by atoms with E-state index >= 15 is 0 Å². The maximum atomic E-state index is 11.0. The fraction of sp³-hybridized carbons (Fsp3) is 0.273. The number of hydrogen-bond acceptors (Lipinski definition) is 3. The summed E-state index contributed by atoms with van der Waals surface area (Å²) in [5, 5.41) is 8.26. The molecule has 0 aliphatic heterocycles. The number of ether oxygens (including phenoxy) is 1. The third-order valence-electron chi connectivity index (χ3n) is 1.70. The summed E-state index contributed by atoms with van der Waals surface area (Å²) in [6.45, 7) is 0.424. The van der Waals surface area contributed by atoms with Crippen LogP contribution in [0.4, 0.5) is 0 Å². The van der Waals surface area contributed by atoms with E-state index in [1.54, 1.807) is 6.07 Å². The van der Waals surface area contributed by atoms with Crippen LogP contribution in [-0.4, -0.2) is 12.4 Å². The van der Waals surface area contributed by atoms with E-state index < -0.39 is 0 Å². The highest BCUT2D eigenvalue weighted by Gasteiger charge is 2.01. The van der Waals surface area contributed by atoms with Crippen molar-refractivity contribution in [2.45, 2.75) is 13.0 Å². The third-order valence-corrected chi connectivity index (χ3v) is 2.37. The highest BCUT2D eigenvalue weighted by molar-refractivity contribution is 14.1. The summed E-state index contributed by atoms with van der Waals surface area (Å²) in [5.41, 5.74) is 1.03. The molecular weight excluding hydrogens is 305 g/mol. The van der Waals surface area contributed by atoms with Crippen LogP contribution in [0.5, 0.6) is 0 Å². The van der Waals surface area contributed by atoms with Crippen molar-refractivity contribution >= 4 is 28.4 Å². The Morgan fingerprint density at radius 3 is 3.00 bits per heavy atom. The highest BCUT2D eigenvalue weighted by atomic mass is 127. The van der Waals surface area contributed by atoms with E-state index in [9.17, 15) is 4.79 Å². The standard InChI is InChI=1S/C11H10INO2/c12-10-3-1-2-9(6-10)7-15-8-11(14)4-5-13/h1-3,6H,4,7-8H2. The number of nitriles is 1. The van der Waals surface area contributed by atoms with E-state index in [4.69, 9.17) is 10.00 Å². The molecule has 15 heavy (non-hydrogen) atoms. The lowest BCUT2D eigenvalue weighted by atomic mass is 10.2. The number of carbonyl (C=O) groups is 1. The van der Waals surface area contributed by atoms with Crippen molar-refractivity contribution in [3.05, 3.63) is 33.4 Å². The molecule has 0 aromatic heterocycles. The Labute approximate surface area is 102 Å². The molecule has 0 amide bonds. The van der Waals surface area contributed by atoms with Gasteiger partial charge in [0.1, 0.15) is 6.61 Å². The predicted molar refractivity (Wildman–Crippen MR) is 64.1 cm³/mol.